The summed E-state index contributed by atoms with van der Waals surface area (Å²) in [5, 5.41) is 10.8. The molecule has 1 aliphatic heterocycles. The Balaban J connectivity index is 0.00000225. The maximum Gasteiger partial charge on any atom is 1.00 e. The monoisotopic (exact) mass is 251 g/mol. The summed E-state index contributed by atoms with van der Waals surface area (Å²) in [6, 6.07) is -0.620. The molecule has 6 heteroatoms. The van der Waals surface area contributed by atoms with E-state index in [2.05, 4.69) is 4.74 Å². The molecule has 0 aromatic heterocycles. The largest absolute Gasteiger partial charge is 1.00 e. The molecule has 16 heavy (non-hydrogen) atoms. The summed E-state index contributed by atoms with van der Waals surface area (Å²) in [5.74, 6) is -1.57. The van der Waals surface area contributed by atoms with Crippen molar-refractivity contribution in [2.75, 3.05) is 13.7 Å². The second-order valence-electron chi connectivity index (χ2n) is 3.48. The molecule has 1 aliphatic rings. The van der Waals surface area contributed by atoms with Gasteiger partial charge in [-0.25, -0.2) is 4.79 Å². The maximum atomic E-state index is 11.0. The number of ether oxygens (including phenoxy) is 1. The van der Waals surface area contributed by atoms with E-state index in [0.29, 0.717) is 18.7 Å². The molecule has 1 heterocycles. The number of likely N-dealkylation sites (tertiary alicyclic amines) is 1. The number of carbonyl (C=O) groups excluding carboxylic acids is 2. The van der Waals surface area contributed by atoms with Crippen LogP contribution in [-0.2, 0) is 14.3 Å². The van der Waals surface area contributed by atoms with E-state index < -0.39 is 18.0 Å². The molecule has 1 saturated heterocycles. The quantitative estimate of drug-likeness (QED) is 0.293. The molecular weight excluding hydrogens is 237 g/mol. The van der Waals surface area contributed by atoms with Gasteiger partial charge in [0.1, 0.15) is 0 Å². The maximum absolute atomic E-state index is 11.0. The standard InChI is InChI=1S/C10H15NO4.K/c1-7(6-9(12)15-2)11-5-3-4-8(11)10(13)14;/h6,8H,3-5H2,1-2H3,(H,13,14);/q;+1/p-1/t8-;/m1./s1. The Labute approximate surface area is 137 Å². The van der Waals surface area contributed by atoms with Crippen molar-refractivity contribution < 1.29 is 70.8 Å². The Bertz CT molecular complexity index is 303. The molecule has 0 aliphatic carbocycles. The number of hydrogen-bond acceptors (Lipinski definition) is 5. The van der Waals surface area contributed by atoms with Crippen LogP contribution in [0.5, 0.6) is 0 Å². The second kappa shape index (κ2) is 7.44. The minimum absolute atomic E-state index is 0. The van der Waals surface area contributed by atoms with Crippen LogP contribution in [0.4, 0.5) is 0 Å². The van der Waals surface area contributed by atoms with Crippen LogP contribution in [0.25, 0.3) is 0 Å². The molecule has 1 atom stereocenters. The fraction of sp³-hybridized carbons (Fsp3) is 0.600. The molecule has 0 aromatic carbocycles. The number of methoxy groups -OCH3 is 1. The van der Waals surface area contributed by atoms with Crippen LogP contribution in [0.15, 0.2) is 11.8 Å². The van der Waals surface area contributed by atoms with Crippen molar-refractivity contribution in [3.8, 4) is 0 Å². The molecule has 5 nitrogen and oxygen atoms in total. The molecular formula is C10H14KNO4. The van der Waals surface area contributed by atoms with Crippen molar-refractivity contribution in [1.29, 1.82) is 0 Å². The van der Waals surface area contributed by atoms with E-state index in [4.69, 9.17) is 0 Å². The van der Waals surface area contributed by atoms with E-state index in [0.717, 1.165) is 6.42 Å². The summed E-state index contributed by atoms with van der Waals surface area (Å²) in [6.07, 6.45) is 2.65. The molecule has 0 unspecified atom stereocenters. The van der Waals surface area contributed by atoms with E-state index in [1.54, 1.807) is 11.8 Å². The Morgan fingerprint density at radius 2 is 2.12 bits per heavy atom. The van der Waals surface area contributed by atoms with Gasteiger partial charge in [0.15, 0.2) is 0 Å². The molecule has 0 bridgehead atoms. The summed E-state index contributed by atoms with van der Waals surface area (Å²) in [7, 11) is 1.28. The topological polar surface area (TPSA) is 69.7 Å². The minimum Gasteiger partial charge on any atom is -0.548 e. The van der Waals surface area contributed by atoms with Gasteiger partial charge in [-0.2, -0.15) is 0 Å². The molecule has 0 saturated carbocycles. The van der Waals surface area contributed by atoms with Gasteiger partial charge in [0, 0.05) is 18.3 Å². The molecule has 1 fully saturated rings. The second-order valence-corrected chi connectivity index (χ2v) is 3.48. The predicted octanol–water partition coefficient (Wildman–Crippen LogP) is -3.72. The zero-order valence-corrected chi connectivity index (χ0v) is 13.0. The van der Waals surface area contributed by atoms with E-state index >= 15 is 0 Å². The number of nitrogens with zero attached hydrogens (tertiary/aromatic N) is 1. The van der Waals surface area contributed by atoms with E-state index in [1.807, 2.05) is 0 Å². The van der Waals surface area contributed by atoms with Crippen molar-refractivity contribution in [2.45, 2.75) is 25.8 Å². The first-order valence-electron chi connectivity index (χ1n) is 4.80. The van der Waals surface area contributed by atoms with Gasteiger partial charge >= 0.3 is 57.4 Å². The zero-order valence-electron chi connectivity index (χ0n) is 9.86. The van der Waals surface area contributed by atoms with Gasteiger partial charge in [0.25, 0.3) is 0 Å². The first-order chi connectivity index (χ1) is 7.06. The molecule has 0 N–H and O–H groups in total. The summed E-state index contributed by atoms with van der Waals surface area (Å²) >= 11 is 0. The first kappa shape index (κ1) is 16.1. The SMILES string of the molecule is COC(=O)C=C(C)N1CCC[C@@H]1C(=O)[O-].[K+]. The fourth-order valence-electron chi connectivity index (χ4n) is 1.75. The van der Waals surface area contributed by atoms with Gasteiger partial charge < -0.3 is 19.5 Å². The van der Waals surface area contributed by atoms with Crippen LogP contribution in [0.2, 0.25) is 0 Å². The predicted molar refractivity (Wildman–Crippen MR) is 50.5 cm³/mol. The van der Waals surface area contributed by atoms with Crippen LogP contribution in [0.3, 0.4) is 0 Å². The number of rotatable bonds is 3. The normalized spacial score (nSPS) is 20.2. The van der Waals surface area contributed by atoms with E-state index in [1.165, 1.54) is 13.2 Å². The van der Waals surface area contributed by atoms with E-state index in [-0.39, 0.29) is 51.4 Å². The van der Waals surface area contributed by atoms with Gasteiger partial charge in [0.05, 0.1) is 19.1 Å². The number of allylic oxidation sites excluding steroid dienone is 1. The molecule has 0 radical (unpaired) electrons. The first-order valence-corrected chi connectivity index (χ1v) is 4.80. The molecule has 84 valence electrons. The van der Waals surface area contributed by atoms with Gasteiger partial charge in [-0.1, -0.05) is 0 Å². The Morgan fingerprint density at radius 3 is 2.62 bits per heavy atom. The Morgan fingerprint density at radius 1 is 1.50 bits per heavy atom. The number of esters is 1. The van der Waals surface area contributed by atoms with Crippen LogP contribution in [-0.4, -0.2) is 36.5 Å². The fourth-order valence-corrected chi connectivity index (χ4v) is 1.75. The van der Waals surface area contributed by atoms with Crippen LogP contribution < -0.4 is 56.5 Å². The molecule has 0 aromatic rings. The van der Waals surface area contributed by atoms with Crippen molar-refractivity contribution >= 4 is 11.9 Å². The number of hydrogen-bond donors (Lipinski definition) is 0. The van der Waals surface area contributed by atoms with Crippen LogP contribution >= 0.6 is 0 Å². The van der Waals surface area contributed by atoms with Crippen LogP contribution in [0.1, 0.15) is 19.8 Å². The summed E-state index contributed by atoms with van der Waals surface area (Å²) in [5.41, 5.74) is 0.605. The number of carboxylic acid groups (broad SMARTS) is 1. The number of aliphatic carboxylic acids is 1. The summed E-state index contributed by atoms with van der Waals surface area (Å²) in [4.78, 5) is 23.4. The van der Waals surface area contributed by atoms with Gasteiger partial charge in [-0.05, 0) is 19.8 Å². The third kappa shape index (κ3) is 4.18. The van der Waals surface area contributed by atoms with Gasteiger partial charge in [-0.3, -0.25) is 0 Å². The van der Waals surface area contributed by atoms with Gasteiger partial charge in [-0.15, -0.1) is 0 Å². The van der Waals surface area contributed by atoms with Crippen molar-refractivity contribution in [2.24, 2.45) is 0 Å². The molecule has 1 rings (SSSR count). The van der Waals surface area contributed by atoms with Crippen molar-refractivity contribution in [1.82, 2.24) is 4.90 Å². The minimum atomic E-state index is -1.09. The molecule has 0 amide bonds. The van der Waals surface area contributed by atoms with Crippen molar-refractivity contribution in [3.05, 3.63) is 11.8 Å². The smallest absolute Gasteiger partial charge is 0.548 e. The zero-order chi connectivity index (χ0) is 11.4. The summed E-state index contributed by atoms with van der Waals surface area (Å²) < 4.78 is 4.47. The van der Waals surface area contributed by atoms with Crippen LogP contribution in [0, 0.1) is 0 Å². The average Bonchev–Trinajstić information content (AvgIpc) is 2.65. The number of carbonyl (C=O) groups is 2. The van der Waals surface area contributed by atoms with Gasteiger partial charge in [0.2, 0.25) is 0 Å². The average molecular weight is 251 g/mol. The summed E-state index contributed by atoms with van der Waals surface area (Å²) in [6.45, 7) is 2.33. The van der Waals surface area contributed by atoms with Crippen molar-refractivity contribution in [3.63, 3.8) is 0 Å². The Kier molecular flexibility index (Phi) is 7.50. The number of carboxylic acids is 1. The van der Waals surface area contributed by atoms with E-state index in [9.17, 15) is 14.7 Å². The third-order valence-corrected chi connectivity index (χ3v) is 2.51. The Hall–Kier alpha value is 0.116. The third-order valence-electron chi connectivity index (χ3n) is 2.51. The molecule has 0 spiro atoms.